The molecule has 0 radical (unpaired) electrons. The van der Waals surface area contributed by atoms with Crippen LogP contribution in [0.15, 0.2) is 54.6 Å². The minimum absolute atomic E-state index is 0.00502. The third kappa shape index (κ3) is 3.61. The van der Waals surface area contributed by atoms with Crippen molar-refractivity contribution < 1.29 is 9.18 Å². The highest BCUT2D eigenvalue weighted by molar-refractivity contribution is 5.83. The quantitative estimate of drug-likeness (QED) is 0.869. The second-order valence-electron chi connectivity index (χ2n) is 6.64. The molecule has 3 unspecified atom stereocenters. The molecule has 0 heterocycles. The fourth-order valence-corrected chi connectivity index (χ4v) is 3.12. The molecule has 2 aromatic rings. The number of nitrogens with one attached hydrogen (secondary N) is 1. The van der Waals surface area contributed by atoms with Gasteiger partial charge in [0.15, 0.2) is 0 Å². The first-order valence-electron chi connectivity index (χ1n) is 8.17. The van der Waals surface area contributed by atoms with Gasteiger partial charge in [-0.1, -0.05) is 56.3 Å². The summed E-state index contributed by atoms with van der Waals surface area (Å²) >= 11 is 0. The van der Waals surface area contributed by atoms with Gasteiger partial charge in [-0.15, -0.1) is 0 Å². The van der Waals surface area contributed by atoms with Crippen molar-refractivity contribution in [3.8, 4) is 0 Å². The molecule has 120 valence electrons. The normalized spacial score (nSPS) is 21.0. The van der Waals surface area contributed by atoms with Crippen LogP contribution in [0.5, 0.6) is 0 Å². The lowest BCUT2D eigenvalue weighted by Crippen LogP contribution is -2.33. The molecule has 2 nitrogen and oxygen atoms in total. The molecule has 1 saturated carbocycles. The first kappa shape index (κ1) is 15.7. The van der Waals surface area contributed by atoms with Crippen LogP contribution in [0.1, 0.15) is 43.4 Å². The summed E-state index contributed by atoms with van der Waals surface area (Å²) in [5.74, 6) is 0.412. The fourth-order valence-electron chi connectivity index (χ4n) is 3.12. The van der Waals surface area contributed by atoms with Crippen molar-refractivity contribution in [2.75, 3.05) is 0 Å². The zero-order chi connectivity index (χ0) is 16.4. The molecule has 1 amide bonds. The Kier molecular flexibility index (Phi) is 4.46. The lowest BCUT2D eigenvalue weighted by Gasteiger charge is -2.23. The molecule has 3 atom stereocenters. The zero-order valence-electron chi connectivity index (χ0n) is 13.5. The van der Waals surface area contributed by atoms with Crippen LogP contribution in [0.25, 0.3) is 0 Å². The summed E-state index contributed by atoms with van der Waals surface area (Å²) in [6.45, 7) is 4.23. The number of hydrogen-bond donors (Lipinski definition) is 1. The van der Waals surface area contributed by atoms with E-state index in [9.17, 15) is 9.18 Å². The predicted molar refractivity (Wildman–Crippen MR) is 89.4 cm³/mol. The molecule has 0 aromatic heterocycles. The van der Waals surface area contributed by atoms with Crippen LogP contribution in [0, 0.1) is 17.7 Å². The summed E-state index contributed by atoms with van der Waals surface area (Å²) in [5.41, 5.74) is 2.18. The third-order valence-electron chi connectivity index (χ3n) is 4.55. The summed E-state index contributed by atoms with van der Waals surface area (Å²) in [4.78, 5) is 12.6. The topological polar surface area (TPSA) is 29.1 Å². The van der Waals surface area contributed by atoms with E-state index in [0.29, 0.717) is 5.92 Å². The fraction of sp³-hybridized carbons (Fsp3) is 0.350. The maximum atomic E-state index is 13.0. The SMILES string of the molecule is CC(C)C(NC(=O)C1CC1c1ccc(F)cc1)c1ccccc1. The van der Waals surface area contributed by atoms with Gasteiger partial charge in [0.2, 0.25) is 5.91 Å². The molecule has 0 aliphatic heterocycles. The molecule has 1 N–H and O–H groups in total. The van der Waals surface area contributed by atoms with E-state index in [2.05, 4.69) is 31.3 Å². The van der Waals surface area contributed by atoms with Gasteiger partial charge in [-0.05, 0) is 41.5 Å². The van der Waals surface area contributed by atoms with E-state index in [-0.39, 0.29) is 29.6 Å². The van der Waals surface area contributed by atoms with E-state index in [1.807, 2.05) is 18.2 Å². The molecule has 3 rings (SSSR count). The van der Waals surface area contributed by atoms with Crippen molar-refractivity contribution >= 4 is 5.91 Å². The highest BCUT2D eigenvalue weighted by atomic mass is 19.1. The Hall–Kier alpha value is -2.16. The van der Waals surface area contributed by atoms with E-state index < -0.39 is 0 Å². The van der Waals surface area contributed by atoms with Gasteiger partial charge in [0.25, 0.3) is 0 Å². The number of benzene rings is 2. The van der Waals surface area contributed by atoms with Crippen LogP contribution in [-0.4, -0.2) is 5.91 Å². The summed E-state index contributed by atoms with van der Waals surface area (Å²) in [7, 11) is 0. The first-order valence-corrected chi connectivity index (χ1v) is 8.17. The summed E-state index contributed by atoms with van der Waals surface area (Å²) < 4.78 is 13.0. The third-order valence-corrected chi connectivity index (χ3v) is 4.55. The summed E-state index contributed by atoms with van der Waals surface area (Å²) in [5, 5.41) is 3.19. The maximum absolute atomic E-state index is 13.0. The molecule has 23 heavy (non-hydrogen) atoms. The molecule has 3 heteroatoms. The molecular formula is C20H22FNO. The second-order valence-corrected chi connectivity index (χ2v) is 6.64. The van der Waals surface area contributed by atoms with E-state index in [1.54, 1.807) is 12.1 Å². The molecule has 0 saturated heterocycles. The highest BCUT2D eigenvalue weighted by Gasteiger charge is 2.44. The zero-order valence-corrected chi connectivity index (χ0v) is 13.5. The summed E-state index contributed by atoms with van der Waals surface area (Å²) in [6.07, 6.45) is 0.844. The van der Waals surface area contributed by atoms with Crippen LogP contribution in [0.4, 0.5) is 4.39 Å². The maximum Gasteiger partial charge on any atom is 0.224 e. The molecule has 2 aromatic carbocycles. The van der Waals surface area contributed by atoms with Crippen molar-refractivity contribution in [2.45, 2.75) is 32.2 Å². The molecule has 0 bridgehead atoms. The highest BCUT2D eigenvalue weighted by Crippen LogP contribution is 2.47. The standard InChI is InChI=1S/C20H22FNO/c1-13(2)19(15-6-4-3-5-7-15)22-20(23)18-12-17(18)14-8-10-16(21)11-9-14/h3-11,13,17-19H,12H2,1-2H3,(H,22,23). The minimum atomic E-state index is -0.237. The van der Waals surface area contributed by atoms with Gasteiger partial charge >= 0.3 is 0 Å². The van der Waals surface area contributed by atoms with Crippen LogP contribution < -0.4 is 5.32 Å². The van der Waals surface area contributed by atoms with Gasteiger partial charge in [-0.25, -0.2) is 4.39 Å². The Balaban J connectivity index is 1.66. The number of rotatable bonds is 5. The average Bonchev–Trinajstić information content (AvgIpc) is 3.34. The molecule has 1 fully saturated rings. The Morgan fingerprint density at radius 1 is 1.09 bits per heavy atom. The number of amides is 1. The lowest BCUT2D eigenvalue weighted by atomic mass is 9.95. The van der Waals surface area contributed by atoms with Gasteiger partial charge in [-0.3, -0.25) is 4.79 Å². The minimum Gasteiger partial charge on any atom is -0.349 e. The van der Waals surface area contributed by atoms with E-state index >= 15 is 0 Å². The molecule has 0 spiro atoms. The Labute approximate surface area is 136 Å². The Morgan fingerprint density at radius 2 is 1.74 bits per heavy atom. The van der Waals surface area contributed by atoms with Crippen molar-refractivity contribution in [1.29, 1.82) is 0 Å². The van der Waals surface area contributed by atoms with E-state index in [0.717, 1.165) is 17.5 Å². The Bertz CT molecular complexity index is 666. The Morgan fingerprint density at radius 3 is 2.35 bits per heavy atom. The van der Waals surface area contributed by atoms with Gasteiger partial charge < -0.3 is 5.32 Å². The largest absolute Gasteiger partial charge is 0.349 e. The van der Waals surface area contributed by atoms with Gasteiger partial charge in [0, 0.05) is 5.92 Å². The number of carbonyl (C=O) groups is 1. The van der Waals surface area contributed by atoms with Gasteiger partial charge in [-0.2, -0.15) is 0 Å². The van der Waals surface area contributed by atoms with Crippen LogP contribution >= 0.6 is 0 Å². The summed E-state index contributed by atoms with van der Waals surface area (Å²) in [6, 6.07) is 16.6. The number of carbonyl (C=O) groups excluding carboxylic acids is 1. The second kappa shape index (κ2) is 6.53. The van der Waals surface area contributed by atoms with E-state index in [4.69, 9.17) is 0 Å². The van der Waals surface area contributed by atoms with Crippen molar-refractivity contribution in [1.82, 2.24) is 5.32 Å². The first-order chi connectivity index (χ1) is 11.1. The lowest BCUT2D eigenvalue weighted by molar-refractivity contribution is -0.123. The molecule has 1 aliphatic carbocycles. The van der Waals surface area contributed by atoms with Crippen molar-refractivity contribution in [3.05, 3.63) is 71.5 Å². The molecule has 1 aliphatic rings. The molecular weight excluding hydrogens is 289 g/mol. The van der Waals surface area contributed by atoms with Crippen molar-refractivity contribution in [3.63, 3.8) is 0 Å². The number of halogens is 1. The smallest absolute Gasteiger partial charge is 0.224 e. The van der Waals surface area contributed by atoms with E-state index in [1.165, 1.54) is 12.1 Å². The average molecular weight is 311 g/mol. The van der Waals surface area contributed by atoms with Gasteiger partial charge in [0.1, 0.15) is 5.82 Å². The number of hydrogen-bond acceptors (Lipinski definition) is 1. The monoisotopic (exact) mass is 311 g/mol. The van der Waals surface area contributed by atoms with Crippen molar-refractivity contribution in [2.24, 2.45) is 11.8 Å². The van der Waals surface area contributed by atoms with Gasteiger partial charge in [0.05, 0.1) is 6.04 Å². The van der Waals surface area contributed by atoms with Crippen LogP contribution in [0.3, 0.4) is 0 Å². The van der Waals surface area contributed by atoms with Crippen LogP contribution in [-0.2, 0) is 4.79 Å². The predicted octanol–water partition coefficient (Wildman–Crippen LogP) is 4.44. The van der Waals surface area contributed by atoms with Crippen LogP contribution in [0.2, 0.25) is 0 Å².